The third-order valence-electron chi connectivity index (χ3n) is 3.21. The lowest BCUT2D eigenvalue weighted by atomic mass is 10.1. The first-order chi connectivity index (χ1) is 10.5. The molecular weight excluding hydrogens is 306 g/mol. The van der Waals surface area contributed by atoms with Crippen LogP contribution in [0.3, 0.4) is 0 Å². The zero-order valence-corrected chi connectivity index (χ0v) is 12.1. The van der Waals surface area contributed by atoms with E-state index in [2.05, 4.69) is 15.0 Å². The third kappa shape index (κ3) is 2.61. The molecule has 8 heteroatoms. The zero-order chi connectivity index (χ0) is 15.7. The van der Waals surface area contributed by atoms with Gasteiger partial charge < -0.3 is 0 Å². The molecular formula is C14H11N3O4S. The number of nitrogens with one attached hydrogen (secondary N) is 2. The molecule has 22 heavy (non-hydrogen) atoms. The predicted molar refractivity (Wildman–Crippen MR) is 76.5 cm³/mol. The molecule has 7 nitrogen and oxygen atoms in total. The van der Waals surface area contributed by atoms with Crippen molar-refractivity contribution in [2.45, 2.75) is 11.4 Å². The van der Waals surface area contributed by atoms with Crippen molar-refractivity contribution >= 4 is 21.8 Å². The van der Waals surface area contributed by atoms with Crippen LogP contribution >= 0.6 is 0 Å². The Morgan fingerprint density at radius 2 is 1.86 bits per heavy atom. The molecule has 2 N–H and O–H groups in total. The van der Waals surface area contributed by atoms with E-state index in [1.54, 1.807) is 24.5 Å². The van der Waals surface area contributed by atoms with Crippen LogP contribution in [-0.4, -0.2) is 25.2 Å². The minimum absolute atomic E-state index is 0.0641. The van der Waals surface area contributed by atoms with Crippen LogP contribution in [0.5, 0.6) is 0 Å². The smallest absolute Gasteiger partial charge is 0.258 e. The molecule has 0 atom stereocenters. The molecule has 2 aromatic rings. The first-order valence-corrected chi connectivity index (χ1v) is 7.84. The van der Waals surface area contributed by atoms with Gasteiger partial charge >= 0.3 is 0 Å². The maximum atomic E-state index is 12.2. The monoisotopic (exact) mass is 317 g/mol. The van der Waals surface area contributed by atoms with Crippen molar-refractivity contribution in [2.24, 2.45) is 0 Å². The van der Waals surface area contributed by atoms with Crippen LogP contribution in [0.1, 0.15) is 26.3 Å². The van der Waals surface area contributed by atoms with Crippen molar-refractivity contribution in [1.29, 1.82) is 0 Å². The molecule has 2 heterocycles. The van der Waals surface area contributed by atoms with Crippen molar-refractivity contribution in [3.8, 4) is 0 Å². The first kappa shape index (κ1) is 14.4. The summed E-state index contributed by atoms with van der Waals surface area (Å²) in [5, 5.41) is 2.12. The summed E-state index contributed by atoms with van der Waals surface area (Å²) in [5.41, 5.74) is 0.950. The molecule has 0 unspecified atom stereocenters. The zero-order valence-electron chi connectivity index (χ0n) is 11.2. The van der Waals surface area contributed by atoms with E-state index in [0.717, 1.165) is 0 Å². The Morgan fingerprint density at radius 1 is 1.09 bits per heavy atom. The highest BCUT2D eigenvalue weighted by Crippen LogP contribution is 2.20. The number of rotatable bonds is 4. The van der Waals surface area contributed by atoms with Gasteiger partial charge in [-0.1, -0.05) is 6.07 Å². The average molecular weight is 317 g/mol. The van der Waals surface area contributed by atoms with Gasteiger partial charge in [-0.05, 0) is 29.8 Å². The molecule has 2 amide bonds. The Labute approximate surface area is 126 Å². The van der Waals surface area contributed by atoms with Crippen LogP contribution in [0, 0.1) is 0 Å². The number of amides is 2. The van der Waals surface area contributed by atoms with Gasteiger partial charge in [0.05, 0.1) is 16.0 Å². The SMILES string of the molecule is O=C1NC(=O)c2cc(S(=O)(=O)NCc3cccnc3)ccc21. The van der Waals surface area contributed by atoms with Gasteiger partial charge in [-0.15, -0.1) is 0 Å². The van der Waals surface area contributed by atoms with Gasteiger partial charge in [0.25, 0.3) is 11.8 Å². The highest BCUT2D eigenvalue weighted by atomic mass is 32.2. The summed E-state index contributed by atoms with van der Waals surface area (Å²) in [6, 6.07) is 7.26. The number of carbonyl (C=O) groups excluding carboxylic acids is 2. The highest BCUT2D eigenvalue weighted by Gasteiger charge is 2.28. The van der Waals surface area contributed by atoms with Crippen LogP contribution in [0.25, 0.3) is 0 Å². The fourth-order valence-electron chi connectivity index (χ4n) is 2.08. The van der Waals surface area contributed by atoms with E-state index in [-0.39, 0.29) is 22.6 Å². The summed E-state index contributed by atoms with van der Waals surface area (Å²) in [5.74, 6) is -1.11. The molecule has 1 aliphatic heterocycles. The van der Waals surface area contributed by atoms with Gasteiger partial charge in [0, 0.05) is 18.9 Å². The fraction of sp³-hybridized carbons (Fsp3) is 0.0714. The van der Waals surface area contributed by atoms with Crippen molar-refractivity contribution in [3.05, 3.63) is 59.4 Å². The van der Waals surface area contributed by atoms with Crippen molar-refractivity contribution in [3.63, 3.8) is 0 Å². The molecule has 112 valence electrons. The first-order valence-electron chi connectivity index (χ1n) is 6.36. The predicted octanol–water partition coefficient (Wildman–Crippen LogP) is 0.444. The lowest BCUT2D eigenvalue weighted by Gasteiger charge is -2.07. The summed E-state index contributed by atoms with van der Waals surface area (Å²) in [4.78, 5) is 26.9. The maximum absolute atomic E-state index is 12.2. The summed E-state index contributed by atoms with van der Waals surface area (Å²) >= 11 is 0. The number of benzene rings is 1. The van der Waals surface area contributed by atoms with Crippen LogP contribution in [0.4, 0.5) is 0 Å². The maximum Gasteiger partial charge on any atom is 0.258 e. The average Bonchev–Trinajstić information content (AvgIpc) is 2.81. The lowest BCUT2D eigenvalue weighted by Crippen LogP contribution is -2.23. The normalized spacial score (nSPS) is 13.8. The Morgan fingerprint density at radius 3 is 2.59 bits per heavy atom. The number of carbonyl (C=O) groups is 2. The number of aromatic nitrogens is 1. The molecule has 1 aliphatic rings. The van der Waals surface area contributed by atoms with E-state index < -0.39 is 21.8 Å². The second-order valence-corrected chi connectivity index (χ2v) is 6.44. The number of pyridine rings is 1. The molecule has 1 aromatic heterocycles. The van der Waals surface area contributed by atoms with Crippen LogP contribution < -0.4 is 10.0 Å². The summed E-state index contributed by atoms with van der Waals surface area (Å²) in [6.07, 6.45) is 3.14. The number of sulfonamides is 1. The molecule has 0 saturated heterocycles. The van der Waals surface area contributed by atoms with E-state index >= 15 is 0 Å². The van der Waals surface area contributed by atoms with Gasteiger partial charge in [0.2, 0.25) is 10.0 Å². The molecule has 0 radical (unpaired) electrons. The largest absolute Gasteiger partial charge is 0.288 e. The van der Waals surface area contributed by atoms with E-state index in [4.69, 9.17) is 0 Å². The minimum atomic E-state index is -3.79. The van der Waals surface area contributed by atoms with E-state index in [1.807, 2.05) is 0 Å². The molecule has 3 rings (SSSR count). The van der Waals surface area contributed by atoms with E-state index in [9.17, 15) is 18.0 Å². The van der Waals surface area contributed by atoms with Gasteiger partial charge in [-0.25, -0.2) is 13.1 Å². The van der Waals surface area contributed by atoms with E-state index in [0.29, 0.717) is 5.56 Å². The van der Waals surface area contributed by atoms with Gasteiger partial charge in [-0.3, -0.25) is 19.9 Å². The summed E-state index contributed by atoms with van der Waals surface area (Å²) in [7, 11) is -3.79. The third-order valence-corrected chi connectivity index (χ3v) is 4.61. The fourth-order valence-corrected chi connectivity index (χ4v) is 3.12. The van der Waals surface area contributed by atoms with Crippen molar-refractivity contribution in [2.75, 3.05) is 0 Å². The Kier molecular flexibility index (Phi) is 3.47. The topological polar surface area (TPSA) is 105 Å². The van der Waals surface area contributed by atoms with Crippen molar-refractivity contribution < 1.29 is 18.0 Å². The van der Waals surface area contributed by atoms with Crippen LogP contribution in [0.2, 0.25) is 0 Å². The summed E-state index contributed by atoms with van der Waals surface area (Å²) < 4.78 is 26.9. The highest BCUT2D eigenvalue weighted by molar-refractivity contribution is 7.89. The molecule has 1 aromatic carbocycles. The Hall–Kier alpha value is -2.58. The lowest BCUT2D eigenvalue weighted by molar-refractivity contribution is 0.0879. The van der Waals surface area contributed by atoms with Gasteiger partial charge in [-0.2, -0.15) is 0 Å². The van der Waals surface area contributed by atoms with Gasteiger partial charge in [0.15, 0.2) is 0 Å². The standard InChI is InChI=1S/C14H11N3O4S/c18-13-11-4-3-10(6-12(11)14(19)17-13)22(20,21)16-8-9-2-1-5-15-7-9/h1-7,16H,8H2,(H,17,18,19). The Balaban J connectivity index is 1.86. The second-order valence-electron chi connectivity index (χ2n) is 4.68. The molecule has 0 aliphatic carbocycles. The number of imide groups is 1. The molecule has 0 fully saturated rings. The van der Waals surface area contributed by atoms with Gasteiger partial charge in [0.1, 0.15) is 0 Å². The molecule has 0 saturated carbocycles. The molecule has 0 spiro atoms. The summed E-state index contributed by atoms with van der Waals surface area (Å²) in [6.45, 7) is 0.0817. The number of nitrogens with zero attached hydrogens (tertiary/aromatic N) is 1. The Bertz CT molecular complexity index is 863. The van der Waals surface area contributed by atoms with Crippen LogP contribution in [-0.2, 0) is 16.6 Å². The van der Waals surface area contributed by atoms with Crippen LogP contribution in [0.15, 0.2) is 47.6 Å². The molecule has 0 bridgehead atoms. The number of hydrogen-bond acceptors (Lipinski definition) is 5. The number of fused-ring (bicyclic) bond motifs is 1. The minimum Gasteiger partial charge on any atom is -0.288 e. The van der Waals surface area contributed by atoms with E-state index in [1.165, 1.54) is 18.2 Å². The quantitative estimate of drug-likeness (QED) is 0.796. The number of hydrogen-bond donors (Lipinski definition) is 2. The second kappa shape index (κ2) is 5.32. The van der Waals surface area contributed by atoms with Crippen molar-refractivity contribution in [1.82, 2.24) is 15.0 Å².